The van der Waals surface area contributed by atoms with Gasteiger partial charge in [-0.05, 0) is 31.9 Å². The van der Waals surface area contributed by atoms with Gasteiger partial charge in [0.05, 0.1) is 0 Å². The molecule has 1 fully saturated rings. The van der Waals surface area contributed by atoms with Gasteiger partial charge in [-0.25, -0.2) is 4.79 Å². The van der Waals surface area contributed by atoms with Gasteiger partial charge >= 0.3 is 6.03 Å². The second kappa shape index (κ2) is 5.23. The lowest BCUT2D eigenvalue weighted by Gasteiger charge is -2.32. The summed E-state index contributed by atoms with van der Waals surface area (Å²) in [5, 5.41) is 2.94. The molecule has 4 nitrogen and oxygen atoms in total. The van der Waals surface area contributed by atoms with Crippen LogP contribution in [0.1, 0.15) is 31.9 Å². The highest BCUT2D eigenvalue weighted by Gasteiger charge is 2.56. The molecular weight excluding hydrogens is 288 g/mol. The van der Waals surface area contributed by atoms with Crippen molar-refractivity contribution in [3.05, 3.63) is 71.8 Å². The van der Waals surface area contributed by atoms with Crippen LogP contribution in [0.15, 0.2) is 60.7 Å². The monoisotopic (exact) mass is 308 g/mol. The molecule has 1 saturated heterocycles. The third kappa shape index (κ3) is 2.31. The lowest BCUT2D eigenvalue weighted by molar-refractivity contribution is -0.133. The van der Waals surface area contributed by atoms with Gasteiger partial charge in [0, 0.05) is 5.54 Å². The molecule has 0 bridgehead atoms. The minimum absolute atomic E-state index is 0.243. The fraction of sp³-hybridized carbons (Fsp3) is 0.263. The third-order valence-corrected chi connectivity index (χ3v) is 4.11. The van der Waals surface area contributed by atoms with Crippen LogP contribution in [0.5, 0.6) is 0 Å². The van der Waals surface area contributed by atoms with Gasteiger partial charge in [-0.15, -0.1) is 0 Å². The van der Waals surface area contributed by atoms with E-state index in [-0.39, 0.29) is 11.9 Å². The maximum atomic E-state index is 13.3. The molecule has 23 heavy (non-hydrogen) atoms. The van der Waals surface area contributed by atoms with Crippen LogP contribution < -0.4 is 5.32 Å². The van der Waals surface area contributed by atoms with Crippen molar-refractivity contribution in [2.45, 2.75) is 31.8 Å². The van der Waals surface area contributed by atoms with Crippen molar-refractivity contribution >= 4 is 11.9 Å². The van der Waals surface area contributed by atoms with E-state index in [0.717, 1.165) is 11.1 Å². The molecule has 0 unspecified atom stereocenters. The first-order valence-corrected chi connectivity index (χ1v) is 7.65. The Morgan fingerprint density at radius 3 is 1.61 bits per heavy atom. The summed E-state index contributed by atoms with van der Waals surface area (Å²) in [6.07, 6.45) is 0. The zero-order valence-corrected chi connectivity index (χ0v) is 13.5. The zero-order valence-electron chi connectivity index (χ0n) is 13.5. The van der Waals surface area contributed by atoms with Crippen LogP contribution in [0.2, 0.25) is 0 Å². The second-order valence-corrected chi connectivity index (χ2v) is 6.72. The lowest BCUT2D eigenvalue weighted by atomic mass is 9.82. The Morgan fingerprint density at radius 2 is 1.26 bits per heavy atom. The number of benzene rings is 2. The lowest BCUT2D eigenvalue weighted by Crippen LogP contribution is -2.48. The highest BCUT2D eigenvalue weighted by Crippen LogP contribution is 2.38. The molecular formula is C19H20N2O2. The van der Waals surface area contributed by atoms with Crippen molar-refractivity contribution < 1.29 is 9.59 Å². The fourth-order valence-corrected chi connectivity index (χ4v) is 3.07. The molecule has 2 aromatic rings. The molecule has 1 aliphatic rings. The molecule has 1 aliphatic heterocycles. The molecule has 1 heterocycles. The molecule has 3 amide bonds. The predicted octanol–water partition coefficient (Wildman–Crippen LogP) is 3.28. The van der Waals surface area contributed by atoms with Crippen molar-refractivity contribution in [2.24, 2.45) is 0 Å². The average molecular weight is 308 g/mol. The Kier molecular flexibility index (Phi) is 3.48. The van der Waals surface area contributed by atoms with Crippen LogP contribution in [0.4, 0.5) is 4.79 Å². The summed E-state index contributed by atoms with van der Waals surface area (Å²) in [6, 6.07) is 18.4. The van der Waals surface area contributed by atoms with Crippen molar-refractivity contribution in [3.8, 4) is 0 Å². The van der Waals surface area contributed by atoms with Gasteiger partial charge in [-0.2, -0.15) is 0 Å². The first-order valence-electron chi connectivity index (χ1n) is 7.65. The number of imide groups is 1. The van der Waals surface area contributed by atoms with Gasteiger partial charge in [0.1, 0.15) is 0 Å². The Morgan fingerprint density at radius 1 is 0.826 bits per heavy atom. The van der Waals surface area contributed by atoms with Crippen molar-refractivity contribution in [2.75, 3.05) is 0 Å². The van der Waals surface area contributed by atoms with Gasteiger partial charge in [0.2, 0.25) is 0 Å². The predicted molar refractivity (Wildman–Crippen MR) is 88.8 cm³/mol. The summed E-state index contributed by atoms with van der Waals surface area (Å²) in [5.74, 6) is -0.243. The average Bonchev–Trinajstić information content (AvgIpc) is 2.81. The van der Waals surface area contributed by atoms with Crippen LogP contribution in [0.3, 0.4) is 0 Å². The van der Waals surface area contributed by atoms with E-state index in [1.165, 1.54) is 4.90 Å². The highest BCUT2D eigenvalue weighted by molar-refractivity contribution is 6.10. The largest absolute Gasteiger partial charge is 0.326 e. The molecule has 0 atom stereocenters. The minimum atomic E-state index is -1.17. The third-order valence-electron chi connectivity index (χ3n) is 4.11. The Labute approximate surface area is 136 Å². The van der Waals surface area contributed by atoms with Crippen LogP contribution in [0.25, 0.3) is 0 Å². The van der Waals surface area contributed by atoms with Crippen LogP contribution in [-0.2, 0) is 10.3 Å². The number of hydrogen-bond acceptors (Lipinski definition) is 2. The molecule has 118 valence electrons. The number of carbonyl (C=O) groups excluding carboxylic acids is 2. The number of hydrogen-bond donors (Lipinski definition) is 1. The number of rotatable bonds is 2. The second-order valence-electron chi connectivity index (χ2n) is 6.72. The van der Waals surface area contributed by atoms with Crippen molar-refractivity contribution in [1.82, 2.24) is 10.2 Å². The summed E-state index contributed by atoms with van der Waals surface area (Å²) in [7, 11) is 0. The standard InChI is InChI=1S/C19H20N2O2/c1-18(2,3)21-16(22)19(20-17(21)23,14-10-6-4-7-11-14)15-12-8-5-9-13-15/h4-13H,1-3H3,(H,20,23). The first kappa shape index (κ1) is 15.3. The molecule has 0 aliphatic carbocycles. The minimum Gasteiger partial charge on any atom is -0.315 e. The summed E-state index contributed by atoms with van der Waals surface area (Å²) in [4.78, 5) is 27.2. The summed E-state index contributed by atoms with van der Waals surface area (Å²) in [6.45, 7) is 5.57. The van der Waals surface area contributed by atoms with Crippen molar-refractivity contribution in [1.29, 1.82) is 0 Å². The van der Waals surface area contributed by atoms with E-state index in [9.17, 15) is 9.59 Å². The van der Waals surface area contributed by atoms with Gasteiger partial charge < -0.3 is 5.32 Å². The van der Waals surface area contributed by atoms with Crippen LogP contribution in [-0.4, -0.2) is 22.4 Å². The topological polar surface area (TPSA) is 49.4 Å². The summed E-state index contributed by atoms with van der Waals surface area (Å²) >= 11 is 0. The number of amides is 3. The maximum Gasteiger partial charge on any atom is 0.326 e. The fourth-order valence-electron chi connectivity index (χ4n) is 3.07. The quantitative estimate of drug-likeness (QED) is 0.866. The van der Waals surface area contributed by atoms with Gasteiger partial charge in [0.25, 0.3) is 5.91 Å². The SMILES string of the molecule is CC(C)(C)N1C(=O)NC(c2ccccc2)(c2ccccc2)C1=O. The molecule has 0 spiro atoms. The zero-order chi connectivity index (χ0) is 16.7. The molecule has 3 rings (SSSR count). The van der Waals surface area contributed by atoms with E-state index >= 15 is 0 Å². The van der Waals surface area contributed by atoms with Gasteiger partial charge in [-0.1, -0.05) is 60.7 Å². The number of nitrogens with zero attached hydrogens (tertiary/aromatic N) is 1. The summed E-state index contributed by atoms with van der Waals surface area (Å²) in [5.41, 5.74) is -0.244. The molecule has 4 heteroatoms. The smallest absolute Gasteiger partial charge is 0.315 e. The van der Waals surface area contributed by atoms with Crippen LogP contribution >= 0.6 is 0 Å². The molecule has 2 aromatic carbocycles. The van der Waals surface area contributed by atoms with Crippen LogP contribution in [0, 0.1) is 0 Å². The van der Waals surface area contributed by atoms with Gasteiger partial charge in [0.15, 0.2) is 5.54 Å². The Bertz CT molecular complexity index is 693. The summed E-state index contributed by atoms with van der Waals surface area (Å²) < 4.78 is 0. The van der Waals surface area contributed by atoms with Crippen molar-refractivity contribution in [3.63, 3.8) is 0 Å². The maximum absolute atomic E-state index is 13.3. The molecule has 1 N–H and O–H groups in total. The number of carbonyl (C=O) groups is 2. The molecule has 0 saturated carbocycles. The van der Waals surface area contributed by atoms with Gasteiger partial charge in [-0.3, -0.25) is 9.69 Å². The number of urea groups is 1. The molecule has 0 radical (unpaired) electrons. The van der Waals surface area contributed by atoms with E-state index in [1.807, 2.05) is 81.4 Å². The van der Waals surface area contributed by atoms with E-state index in [2.05, 4.69) is 5.32 Å². The van der Waals surface area contributed by atoms with E-state index in [4.69, 9.17) is 0 Å². The number of nitrogens with one attached hydrogen (secondary N) is 1. The highest BCUT2D eigenvalue weighted by atomic mass is 16.2. The Balaban J connectivity index is 2.24. The first-order chi connectivity index (χ1) is 10.9. The van der Waals surface area contributed by atoms with E-state index in [1.54, 1.807) is 0 Å². The normalized spacial score (nSPS) is 17.3. The van der Waals surface area contributed by atoms with E-state index < -0.39 is 11.1 Å². The molecule has 0 aromatic heterocycles. The Hall–Kier alpha value is -2.62. The van der Waals surface area contributed by atoms with E-state index in [0.29, 0.717) is 0 Å².